The number of hydrogen-bond acceptors (Lipinski definition) is 6. The fraction of sp³-hybridized carbons (Fsp3) is 0.838. The Morgan fingerprint density at radius 3 is 1.33 bits per heavy atom. The Labute approximate surface area is 281 Å². The minimum Gasteiger partial charge on any atom is -0.462 e. The molecule has 0 unspecified atom stereocenters. The lowest BCUT2D eigenvalue weighted by molar-refractivity contribution is -0.161. The number of carbonyl (C=O) groups excluding carboxylic acids is 2. The first-order valence-electron chi connectivity index (χ1n) is 18.6. The van der Waals surface area contributed by atoms with Gasteiger partial charge >= 0.3 is 19.8 Å². The van der Waals surface area contributed by atoms with Gasteiger partial charge in [0.1, 0.15) is 6.61 Å². The van der Waals surface area contributed by atoms with E-state index in [-0.39, 0.29) is 19.4 Å². The smallest absolute Gasteiger partial charge is 0.462 e. The van der Waals surface area contributed by atoms with Crippen LogP contribution in [0.5, 0.6) is 0 Å². The van der Waals surface area contributed by atoms with E-state index in [0.29, 0.717) is 12.8 Å². The molecule has 8 nitrogen and oxygen atoms in total. The summed E-state index contributed by atoms with van der Waals surface area (Å²) in [6, 6.07) is 0. The molecule has 0 aliphatic heterocycles. The van der Waals surface area contributed by atoms with Crippen LogP contribution in [0.15, 0.2) is 24.3 Å². The van der Waals surface area contributed by atoms with Crippen LogP contribution in [0.3, 0.4) is 0 Å². The molecule has 46 heavy (non-hydrogen) atoms. The standard InChI is InChI=1S/C37H69O8P/c1-3-5-7-9-11-13-15-17-18-20-21-23-25-27-29-31-36(38)43-33-35(34-44-46(40,41)42)45-37(39)32-30-28-26-24-22-19-16-14-12-10-8-6-4-2/h16-19,35H,3-15,20-34H2,1-2H3,(H2,40,41,42)/b18-17-,19-16-/t35-/m1/s1. The van der Waals surface area contributed by atoms with E-state index in [1.165, 1.54) is 77.0 Å². The van der Waals surface area contributed by atoms with Crippen LogP contribution in [-0.4, -0.2) is 41.0 Å². The second-order valence-electron chi connectivity index (χ2n) is 12.5. The normalized spacial score (nSPS) is 12.7. The second-order valence-corrected chi connectivity index (χ2v) is 13.8. The van der Waals surface area contributed by atoms with Crippen LogP contribution < -0.4 is 0 Å². The molecule has 0 aliphatic carbocycles. The highest BCUT2D eigenvalue weighted by Gasteiger charge is 2.22. The molecule has 0 aromatic heterocycles. The number of phosphoric acid groups is 1. The van der Waals surface area contributed by atoms with Gasteiger partial charge in [0.2, 0.25) is 0 Å². The Hall–Kier alpha value is -1.47. The summed E-state index contributed by atoms with van der Waals surface area (Å²) in [4.78, 5) is 42.6. The predicted octanol–water partition coefficient (Wildman–Crippen LogP) is 10.8. The fourth-order valence-corrected chi connectivity index (χ4v) is 5.49. The van der Waals surface area contributed by atoms with E-state index in [1.807, 2.05) is 0 Å². The first kappa shape index (κ1) is 44.5. The second kappa shape index (κ2) is 33.4. The summed E-state index contributed by atoms with van der Waals surface area (Å²) in [5.41, 5.74) is 0. The van der Waals surface area contributed by atoms with Gasteiger partial charge in [-0.1, -0.05) is 128 Å². The van der Waals surface area contributed by atoms with Crippen LogP contribution in [0.4, 0.5) is 0 Å². The molecule has 0 amide bonds. The van der Waals surface area contributed by atoms with Gasteiger partial charge in [-0.05, 0) is 64.2 Å². The first-order chi connectivity index (χ1) is 22.3. The Kier molecular flexibility index (Phi) is 32.4. The molecule has 0 heterocycles. The number of esters is 2. The minimum absolute atomic E-state index is 0.197. The summed E-state index contributed by atoms with van der Waals surface area (Å²) in [7, 11) is -4.75. The van der Waals surface area contributed by atoms with Crippen molar-refractivity contribution in [3.8, 4) is 0 Å². The molecule has 0 spiro atoms. The van der Waals surface area contributed by atoms with Crippen molar-refractivity contribution in [1.29, 1.82) is 0 Å². The number of rotatable bonds is 34. The lowest BCUT2D eigenvalue weighted by Crippen LogP contribution is -2.29. The summed E-state index contributed by atoms with van der Waals surface area (Å²) >= 11 is 0. The molecule has 270 valence electrons. The average Bonchev–Trinajstić information content (AvgIpc) is 3.02. The van der Waals surface area contributed by atoms with Crippen molar-refractivity contribution in [2.45, 2.75) is 187 Å². The third-order valence-electron chi connectivity index (χ3n) is 7.94. The monoisotopic (exact) mass is 672 g/mol. The fourth-order valence-electron chi connectivity index (χ4n) is 5.13. The quantitative estimate of drug-likeness (QED) is 0.0300. The van der Waals surface area contributed by atoms with Crippen LogP contribution in [0, 0.1) is 0 Å². The molecule has 0 radical (unpaired) electrons. The third-order valence-corrected chi connectivity index (χ3v) is 8.43. The van der Waals surface area contributed by atoms with E-state index in [0.717, 1.165) is 64.2 Å². The van der Waals surface area contributed by atoms with Crippen molar-refractivity contribution < 1.29 is 37.9 Å². The van der Waals surface area contributed by atoms with Gasteiger partial charge in [0.05, 0.1) is 6.61 Å². The molecule has 0 saturated heterocycles. The average molecular weight is 673 g/mol. The molecule has 1 atom stereocenters. The number of hydrogen-bond donors (Lipinski definition) is 2. The van der Waals surface area contributed by atoms with Gasteiger partial charge in [-0.3, -0.25) is 14.1 Å². The maximum atomic E-state index is 12.3. The Morgan fingerprint density at radius 1 is 0.543 bits per heavy atom. The van der Waals surface area contributed by atoms with E-state index in [4.69, 9.17) is 19.3 Å². The zero-order valence-electron chi connectivity index (χ0n) is 29.5. The maximum absolute atomic E-state index is 12.3. The summed E-state index contributed by atoms with van der Waals surface area (Å²) in [5, 5.41) is 0. The van der Waals surface area contributed by atoms with E-state index < -0.39 is 32.5 Å². The molecule has 0 aromatic carbocycles. The zero-order valence-corrected chi connectivity index (χ0v) is 30.4. The predicted molar refractivity (Wildman–Crippen MR) is 189 cm³/mol. The van der Waals surface area contributed by atoms with Crippen LogP contribution in [0.2, 0.25) is 0 Å². The minimum atomic E-state index is -4.75. The summed E-state index contributed by atoms with van der Waals surface area (Å²) < 4.78 is 26.3. The molecule has 9 heteroatoms. The Morgan fingerprint density at radius 2 is 0.913 bits per heavy atom. The largest absolute Gasteiger partial charge is 0.469 e. The van der Waals surface area contributed by atoms with E-state index in [1.54, 1.807) is 0 Å². The third kappa shape index (κ3) is 35.4. The molecule has 0 rings (SSSR count). The van der Waals surface area contributed by atoms with Crippen LogP contribution >= 0.6 is 7.82 Å². The highest BCUT2D eigenvalue weighted by molar-refractivity contribution is 7.46. The van der Waals surface area contributed by atoms with Gasteiger partial charge in [-0.2, -0.15) is 0 Å². The maximum Gasteiger partial charge on any atom is 0.469 e. The number of ether oxygens (including phenoxy) is 2. The summed E-state index contributed by atoms with van der Waals surface area (Å²) in [6.07, 6.45) is 36.1. The highest BCUT2D eigenvalue weighted by atomic mass is 31.2. The highest BCUT2D eigenvalue weighted by Crippen LogP contribution is 2.36. The van der Waals surface area contributed by atoms with Crippen molar-refractivity contribution in [3.63, 3.8) is 0 Å². The molecule has 0 saturated carbocycles. The van der Waals surface area contributed by atoms with Crippen molar-refractivity contribution >= 4 is 19.8 Å². The topological polar surface area (TPSA) is 119 Å². The number of unbranched alkanes of at least 4 members (excludes halogenated alkanes) is 20. The molecule has 0 fully saturated rings. The number of allylic oxidation sites excluding steroid dienone is 4. The van der Waals surface area contributed by atoms with Gasteiger partial charge < -0.3 is 19.3 Å². The Bertz CT molecular complexity index is 807. The molecule has 0 aliphatic rings. The van der Waals surface area contributed by atoms with Crippen LogP contribution in [0.1, 0.15) is 181 Å². The van der Waals surface area contributed by atoms with E-state index in [2.05, 4.69) is 42.7 Å². The Balaban J connectivity index is 3.99. The summed E-state index contributed by atoms with van der Waals surface area (Å²) in [5.74, 6) is -0.906. The number of carbonyl (C=O) groups is 2. The van der Waals surface area contributed by atoms with E-state index >= 15 is 0 Å². The van der Waals surface area contributed by atoms with Gasteiger partial charge in [0, 0.05) is 12.8 Å². The molecule has 0 aromatic rings. The first-order valence-corrected chi connectivity index (χ1v) is 20.2. The molecular formula is C37H69O8P. The lowest BCUT2D eigenvalue weighted by atomic mass is 10.1. The van der Waals surface area contributed by atoms with Gasteiger partial charge in [0.25, 0.3) is 0 Å². The summed E-state index contributed by atoms with van der Waals surface area (Å²) in [6.45, 7) is 3.64. The van der Waals surface area contributed by atoms with Crippen LogP contribution in [-0.2, 0) is 28.2 Å². The molecule has 2 N–H and O–H groups in total. The SMILES string of the molecule is CCCCCCC/C=C\CCCCCCC(=O)O[C@H](COC(=O)CCCCCCC/C=C\CCCCCCCC)COP(=O)(O)O. The van der Waals surface area contributed by atoms with E-state index in [9.17, 15) is 14.2 Å². The van der Waals surface area contributed by atoms with Crippen molar-refractivity contribution in [2.24, 2.45) is 0 Å². The molecular weight excluding hydrogens is 603 g/mol. The van der Waals surface area contributed by atoms with Crippen molar-refractivity contribution in [2.75, 3.05) is 13.2 Å². The van der Waals surface area contributed by atoms with Gasteiger partial charge in [0.15, 0.2) is 6.10 Å². The molecule has 0 bridgehead atoms. The number of phosphoric ester groups is 1. The van der Waals surface area contributed by atoms with Crippen LogP contribution in [0.25, 0.3) is 0 Å². The van der Waals surface area contributed by atoms with Crippen molar-refractivity contribution in [1.82, 2.24) is 0 Å². The van der Waals surface area contributed by atoms with Gasteiger partial charge in [-0.25, -0.2) is 4.57 Å². The van der Waals surface area contributed by atoms with Gasteiger partial charge in [-0.15, -0.1) is 0 Å². The lowest BCUT2D eigenvalue weighted by Gasteiger charge is -2.18. The van der Waals surface area contributed by atoms with Crippen molar-refractivity contribution in [3.05, 3.63) is 24.3 Å². The zero-order chi connectivity index (χ0) is 34.0.